The first-order valence-electron chi connectivity index (χ1n) is 11.3. The highest BCUT2D eigenvalue weighted by molar-refractivity contribution is 6.34. The number of hydrogen-bond acceptors (Lipinski definition) is 3. The average Bonchev–Trinajstić information content (AvgIpc) is 3.29. The van der Waals surface area contributed by atoms with E-state index < -0.39 is 18.2 Å². The van der Waals surface area contributed by atoms with Gasteiger partial charge < -0.3 is 10.2 Å². The zero-order chi connectivity index (χ0) is 26.1. The molecule has 1 unspecified atom stereocenters. The summed E-state index contributed by atoms with van der Waals surface area (Å²) in [6.45, 7) is 4.00. The maximum Gasteiger partial charge on any atom is 0.435 e. The monoisotopic (exact) mass is 534 g/mol. The summed E-state index contributed by atoms with van der Waals surface area (Å²) in [6.07, 6.45) is -4.98. The molecule has 3 aromatic rings. The molecular formula is C27H23Cl2F3N2O2. The summed E-state index contributed by atoms with van der Waals surface area (Å²) < 4.78 is 43.2. The Bertz CT molecular complexity index is 1320. The van der Waals surface area contributed by atoms with E-state index in [1.54, 1.807) is 25.1 Å². The van der Waals surface area contributed by atoms with Crippen LogP contribution in [0.4, 0.5) is 13.2 Å². The Labute approximate surface area is 217 Å². The quantitative estimate of drug-likeness (QED) is 0.354. The summed E-state index contributed by atoms with van der Waals surface area (Å²) in [4.78, 5) is 17.0. The lowest BCUT2D eigenvalue weighted by Gasteiger charge is -2.29. The minimum absolute atomic E-state index is 0.0680. The van der Waals surface area contributed by atoms with Gasteiger partial charge in [0, 0.05) is 40.6 Å². The molecule has 0 fully saturated rings. The molecule has 0 saturated heterocycles. The van der Waals surface area contributed by atoms with Gasteiger partial charge in [-0.25, -0.2) is 0 Å². The van der Waals surface area contributed by atoms with Crippen molar-refractivity contribution in [1.29, 1.82) is 0 Å². The van der Waals surface area contributed by atoms with E-state index in [2.05, 4.69) is 10.5 Å². The van der Waals surface area contributed by atoms with Crippen LogP contribution in [0.25, 0.3) is 11.1 Å². The maximum atomic E-state index is 14.4. The molecule has 1 N–H and O–H groups in total. The Morgan fingerprint density at radius 1 is 1.06 bits per heavy atom. The zero-order valence-corrected chi connectivity index (χ0v) is 21.1. The molecule has 1 atom stereocenters. The van der Waals surface area contributed by atoms with Crippen molar-refractivity contribution < 1.29 is 22.8 Å². The van der Waals surface area contributed by atoms with Crippen LogP contribution in [0.5, 0.6) is 0 Å². The van der Waals surface area contributed by atoms with E-state index in [0.29, 0.717) is 12.0 Å². The van der Waals surface area contributed by atoms with Crippen LogP contribution in [0, 0.1) is 6.92 Å². The SMILES string of the molecule is CCC(=O)NCc1ccc(C2=NOC(c3cc(Cl)cc(Cl)c3)(C(F)(F)F)C2)cc1-c1cccc(C)c1. The van der Waals surface area contributed by atoms with Crippen molar-refractivity contribution >= 4 is 34.8 Å². The highest BCUT2D eigenvalue weighted by Gasteiger charge is 2.62. The molecule has 0 radical (unpaired) electrons. The fourth-order valence-electron chi connectivity index (χ4n) is 4.16. The van der Waals surface area contributed by atoms with Crippen molar-refractivity contribution in [3.63, 3.8) is 0 Å². The van der Waals surface area contributed by atoms with E-state index in [4.69, 9.17) is 28.0 Å². The van der Waals surface area contributed by atoms with Gasteiger partial charge in [0.15, 0.2) is 0 Å². The molecule has 9 heteroatoms. The van der Waals surface area contributed by atoms with Gasteiger partial charge >= 0.3 is 6.18 Å². The standard InChI is InChI=1S/C27H23Cl2F3N2O2/c1-3-25(35)33-15-19-8-7-18(10-23(19)17-6-4-5-16(2)9-17)24-14-26(36-34-24,27(30,31)32)20-11-21(28)13-22(29)12-20/h4-13H,3,14-15H2,1-2H3,(H,33,35). The summed E-state index contributed by atoms with van der Waals surface area (Å²) in [5.74, 6) is -0.0991. The molecule has 0 bridgehead atoms. The minimum Gasteiger partial charge on any atom is -0.374 e. The van der Waals surface area contributed by atoms with Crippen molar-refractivity contribution in [1.82, 2.24) is 5.32 Å². The fraction of sp³-hybridized carbons (Fsp3) is 0.259. The number of carbonyl (C=O) groups excluding carboxylic acids is 1. The van der Waals surface area contributed by atoms with E-state index in [-0.39, 0.29) is 33.8 Å². The first kappa shape index (κ1) is 26.0. The van der Waals surface area contributed by atoms with Crippen LogP contribution >= 0.6 is 23.2 Å². The van der Waals surface area contributed by atoms with Crippen molar-refractivity contribution in [3.8, 4) is 11.1 Å². The predicted molar refractivity (Wildman–Crippen MR) is 135 cm³/mol. The molecule has 36 heavy (non-hydrogen) atoms. The number of hydrogen-bond donors (Lipinski definition) is 1. The third-order valence-corrected chi connectivity index (χ3v) is 6.52. The molecule has 4 nitrogen and oxygen atoms in total. The summed E-state index contributed by atoms with van der Waals surface area (Å²) in [5, 5.41) is 6.87. The number of rotatable bonds is 6. The highest BCUT2D eigenvalue weighted by Crippen LogP contribution is 2.50. The molecule has 1 aliphatic heterocycles. The van der Waals surface area contributed by atoms with E-state index >= 15 is 0 Å². The number of benzene rings is 3. The lowest BCUT2D eigenvalue weighted by Crippen LogP contribution is -2.42. The lowest BCUT2D eigenvalue weighted by molar-refractivity contribution is -0.275. The van der Waals surface area contributed by atoms with Gasteiger partial charge in [0.25, 0.3) is 5.60 Å². The second-order valence-corrected chi connectivity index (χ2v) is 9.53. The van der Waals surface area contributed by atoms with Crippen molar-refractivity contribution in [2.45, 2.75) is 45.0 Å². The Hall–Kier alpha value is -3.03. The largest absolute Gasteiger partial charge is 0.435 e. The Kier molecular flexibility index (Phi) is 7.34. The first-order valence-corrected chi connectivity index (χ1v) is 12.0. The lowest BCUT2D eigenvalue weighted by atomic mass is 9.85. The van der Waals surface area contributed by atoms with Crippen LogP contribution in [-0.4, -0.2) is 17.8 Å². The molecule has 4 rings (SSSR count). The number of carbonyl (C=O) groups is 1. The number of oxime groups is 1. The second kappa shape index (κ2) is 10.1. The Balaban J connectivity index is 1.74. The van der Waals surface area contributed by atoms with E-state index in [1.807, 2.05) is 31.2 Å². The third kappa shape index (κ3) is 5.22. The van der Waals surface area contributed by atoms with Crippen LogP contribution in [0.3, 0.4) is 0 Å². The first-order chi connectivity index (χ1) is 17.0. The predicted octanol–water partition coefficient (Wildman–Crippen LogP) is 7.58. The zero-order valence-electron chi connectivity index (χ0n) is 19.5. The van der Waals surface area contributed by atoms with E-state index in [9.17, 15) is 18.0 Å². The van der Waals surface area contributed by atoms with Gasteiger partial charge in [-0.2, -0.15) is 13.2 Å². The summed E-state index contributed by atoms with van der Waals surface area (Å²) in [7, 11) is 0. The number of nitrogens with one attached hydrogen (secondary N) is 1. The number of halogens is 5. The number of alkyl halides is 3. The van der Waals surface area contributed by atoms with Gasteiger partial charge in [0.2, 0.25) is 5.91 Å². The molecule has 3 aromatic carbocycles. The van der Waals surface area contributed by atoms with Crippen LogP contribution < -0.4 is 5.32 Å². The molecule has 1 amide bonds. The Morgan fingerprint density at radius 2 is 1.78 bits per heavy atom. The van der Waals surface area contributed by atoms with Crippen molar-refractivity contribution in [2.75, 3.05) is 0 Å². The second-order valence-electron chi connectivity index (χ2n) is 8.66. The number of nitrogens with zero attached hydrogens (tertiary/aromatic N) is 1. The van der Waals surface area contributed by atoms with Crippen LogP contribution in [0.15, 0.2) is 65.8 Å². The summed E-state index contributed by atoms with van der Waals surface area (Å²) >= 11 is 12.0. The minimum atomic E-state index is -4.78. The van der Waals surface area contributed by atoms with E-state index in [1.165, 1.54) is 18.2 Å². The summed E-state index contributed by atoms with van der Waals surface area (Å²) in [5.41, 5.74) is 1.20. The fourth-order valence-corrected chi connectivity index (χ4v) is 4.68. The topological polar surface area (TPSA) is 50.7 Å². The highest BCUT2D eigenvalue weighted by atomic mass is 35.5. The van der Waals surface area contributed by atoms with Crippen LogP contribution in [0.2, 0.25) is 10.0 Å². The smallest absolute Gasteiger partial charge is 0.374 e. The maximum absolute atomic E-state index is 14.4. The number of aryl methyl sites for hydroxylation is 1. The molecule has 0 saturated carbocycles. The van der Waals surface area contributed by atoms with Crippen LogP contribution in [0.1, 0.15) is 42.0 Å². The van der Waals surface area contributed by atoms with Gasteiger partial charge in [0.05, 0.1) is 5.71 Å². The molecule has 0 aromatic heterocycles. The molecule has 188 valence electrons. The van der Waals surface area contributed by atoms with E-state index in [0.717, 1.165) is 22.3 Å². The van der Waals surface area contributed by atoms with Crippen LogP contribution in [-0.2, 0) is 21.8 Å². The molecule has 0 aliphatic carbocycles. The van der Waals surface area contributed by atoms with Gasteiger partial charge in [0.1, 0.15) is 0 Å². The van der Waals surface area contributed by atoms with Gasteiger partial charge in [-0.05, 0) is 47.9 Å². The molecular weight excluding hydrogens is 512 g/mol. The molecule has 1 aliphatic rings. The van der Waals surface area contributed by atoms with Crippen molar-refractivity contribution in [3.05, 3.63) is 93.0 Å². The van der Waals surface area contributed by atoms with Gasteiger partial charge in [-0.3, -0.25) is 4.79 Å². The molecule has 0 spiro atoms. The summed E-state index contributed by atoms with van der Waals surface area (Å²) in [6, 6.07) is 16.7. The third-order valence-electron chi connectivity index (χ3n) is 6.08. The average molecular weight is 535 g/mol. The molecule has 1 heterocycles. The van der Waals surface area contributed by atoms with Gasteiger partial charge in [-0.15, -0.1) is 0 Å². The van der Waals surface area contributed by atoms with Crippen molar-refractivity contribution in [2.24, 2.45) is 5.16 Å². The number of amides is 1. The normalized spacial score (nSPS) is 17.5. The Morgan fingerprint density at radius 3 is 2.42 bits per heavy atom. The van der Waals surface area contributed by atoms with Gasteiger partial charge in [-0.1, -0.05) is 77.2 Å².